The molecule has 100 valence electrons. The van der Waals surface area contributed by atoms with E-state index in [1.807, 2.05) is 30.3 Å². The van der Waals surface area contributed by atoms with E-state index in [-0.39, 0.29) is 17.9 Å². The molecule has 1 amide bonds. The van der Waals surface area contributed by atoms with Gasteiger partial charge in [0.05, 0.1) is 5.92 Å². The lowest BCUT2D eigenvalue weighted by atomic mass is 9.96. The molecular formula is C15H24N2O. The second-order valence-electron chi connectivity index (χ2n) is 4.97. The first-order chi connectivity index (χ1) is 8.60. The Hall–Kier alpha value is -1.35. The number of hydrogen-bond donors (Lipinski definition) is 2. The van der Waals surface area contributed by atoms with Crippen LogP contribution in [0.5, 0.6) is 0 Å². The molecule has 1 rings (SSSR count). The molecule has 0 heterocycles. The molecule has 0 aliphatic heterocycles. The highest BCUT2D eigenvalue weighted by atomic mass is 16.2. The molecule has 2 atom stereocenters. The third-order valence-corrected chi connectivity index (χ3v) is 3.33. The molecule has 0 saturated heterocycles. The maximum atomic E-state index is 12.3. The van der Waals surface area contributed by atoms with Crippen LogP contribution >= 0.6 is 0 Å². The standard InChI is InChI=1S/C15H24N2O/c1-4-14(11(2)3)17-15(18)13(10-16)12-8-6-5-7-9-12/h5-9,11,13-14H,4,10,16H2,1-3H3,(H,17,18). The molecule has 1 aromatic rings. The van der Waals surface area contributed by atoms with E-state index >= 15 is 0 Å². The third-order valence-electron chi connectivity index (χ3n) is 3.33. The molecule has 0 aliphatic rings. The summed E-state index contributed by atoms with van der Waals surface area (Å²) in [5.41, 5.74) is 6.72. The van der Waals surface area contributed by atoms with Gasteiger partial charge in [0.2, 0.25) is 5.91 Å². The van der Waals surface area contributed by atoms with Crippen LogP contribution in [0.4, 0.5) is 0 Å². The van der Waals surface area contributed by atoms with E-state index in [1.165, 1.54) is 0 Å². The Morgan fingerprint density at radius 1 is 1.28 bits per heavy atom. The zero-order chi connectivity index (χ0) is 13.5. The summed E-state index contributed by atoms with van der Waals surface area (Å²) < 4.78 is 0. The molecule has 0 bridgehead atoms. The zero-order valence-electron chi connectivity index (χ0n) is 11.5. The van der Waals surface area contributed by atoms with Crippen LogP contribution in [0.1, 0.15) is 38.7 Å². The van der Waals surface area contributed by atoms with E-state index in [9.17, 15) is 4.79 Å². The molecule has 3 N–H and O–H groups in total. The Morgan fingerprint density at radius 3 is 2.33 bits per heavy atom. The van der Waals surface area contributed by atoms with Gasteiger partial charge in [-0.25, -0.2) is 0 Å². The lowest BCUT2D eigenvalue weighted by molar-refractivity contribution is -0.123. The van der Waals surface area contributed by atoms with Crippen LogP contribution in [0.3, 0.4) is 0 Å². The van der Waals surface area contributed by atoms with Gasteiger partial charge in [0, 0.05) is 12.6 Å². The summed E-state index contributed by atoms with van der Waals surface area (Å²) in [6.45, 7) is 6.66. The average molecular weight is 248 g/mol. The van der Waals surface area contributed by atoms with E-state index in [0.717, 1.165) is 12.0 Å². The normalized spacial score (nSPS) is 14.3. The second kappa shape index (κ2) is 7.17. The Balaban J connectivity index is 2.74. The van der Waals surface area contributed by atoms with Crippen molar-refractivity contribution in [2.75, 3.05) is 6.54 Å². The minimum Gasteiger partial charge on any atom is -0.353 e. The monoisotopic (exact) mass is 248 g/mol. The first kappa shape index (κ1) is 14.7. The molecule has 3 nitrogen and oxygen atoms in total. The fraction of sp³-hybridized carbons (Fsp3) is 0.533. The quantitative estimate of drug-likeness (QED) is 0.811. The van der Waals surface area contributed by atoms with Crippen molar-refractivity contribution in [2.24, 2.45) is 11.7 Å². The minimum atomic E-state index is -0.251. The summed E-state index contributed by atoms with van der Waals surface area (Å²) in [4.78, 5) is 12.3. The molecule has 0 saturated carbocycles. The molecule has 18 heavy (non-hydrogen) atoms. The van der Waals surface area contributed by atoms with Gasteiger partial charge in [-0.1, -0.05) is 51.1 Å². The Kier molecular flexibility index (Phi) is 5.86. The minimum absolute atomic E-state index is 0.0317. The first-order valence-corrected chi connectivity index (χ1v) is 6.65. The van der Waals surface area contributed by atoms with Gasteiger partial charge in [0.1, 0.15) is 0 Å². The van der Waals surface area contributed by atoms with E-state index in [0.29, 0.717) is 12.5 Å². The van der Waals surface area contributed by atoms with Crippen LogP contribution < -0.4 is 11.1 Å². The van der Waals surface area contributed by atoms with Crippen molar-refractivity contribution in [3.05, 3.63) is 35.9 Å². The highest BCUT2D eigenvalue weighted by molar-refractivity contribution is 5.84. The van der Waals surface area contributed by atoms with E-state index in [2.05, 4.69) is 26.1 Å². The summed E-state index contributed by atoms with van der Waals surface area (Å²) in [5.74, 6) is 0.219. The summed E-state index contributed by atoms with van der Waals surface area (Å²) in [6, 6.07) is 9.93. The van der Waals surface area contributed by atoms with Gasteiger partial charge in [-0.3, -0.25) is 4.79 Å². The third kappa shape index (κ3) is 3.84. The van der Waals surface area contributed by atoms with Crippen LogP contribution in [-0.2, 0) is 4.79 Å². The molecule has 1 aromatic carbocycles. The molecule has 0 fully saturated rings. The van der Waals surface area contributed by atoms with E-state index in [1.54, 1.807) is 0 Å². The van der Waals surface area contributed by atoms with E-state index in [4.69, 9.17) is 5.73 Å². The van der Waals surface area contributed by atoms with Gasteiger partial charge in [0.15, 0.2) is 0 Å². The van der Waals surface area contributed by atoms with Gasteiger partial charge in [-0.05, 0) is 17.9 Å². The number of benzene rings is 1. The van der Waals surface area contributed by atoms with Crippen LogP contribution in [-0.4, -0.2) is 18.5 Å². The predicted molar refractivity (Wildman–Crippen MR) is 75.3 cm³/mol. The predicted octanol–water partition coefficient (Wildman–Crippen LogP) is 2.28. The fourth-order valence-corrected chi connectivity index (χ4v) is 2.10. The Bertz CT molecular complexity index is 362. The van der Waals surface area contributed by atoms with Crippen LogP contribution in [0.2, 0.25) is 0 Å². The number of nitrogens with two attached hydrogens (primary N) is 1. The van der Waals surface area contributed by atoms with Crippen molar-refractivity contribution in [3.8, 4) is 0 Å². The highest BCUT2D eigenvalue weighted by Gasteiger charge is 2.22. The van der Waals surface area contributed by atoms with E-state index < -0.39 is 0 Å². The average Bonchev–Trinajstić information content (AvgIpc) is 2.37. The molecule has 2 unspecified atom stereocenters. The summed E-state index contributed by atoms with van der Waals surface area (Å²) in [6.07, 6.45) is 0.940. The van der Waals surface area contributed by atoms with Crippen molar-refractivity contribution in [2.45, 2.75) is 39.2 Å². The Labute approximate surface area is 110 Å². The molecule has 0 aliphatic carbocycles. The van der Waals surface area contributed by atoms with Crippen LogP contribution in [0.15, 0.2) is 30.3 Å². The topological polar surface area (TPSA) is 55.1 Å². The van der Waals surface area contributed by atoms with Crippen molar-refractivity contribution in [3.63, 3.8) is 0 Å². The fourth-order valence-electron chi connectivity index (χ4n) is 2.10. The molecule has 3 heteroatoms. The summed E-state index contributed by atoms with van der Waals surface area (Å²) in [5, 5.41) is 3.10. The molecule has 0 radical (unpaired) electrons. The van der Waals surface area contributed by atoms with Crippen LogP contribution in [0, 0.1) is 5.92 Å². The molecule has 0 spiro atoms. The number of amides is 1. The van der Waals surface area contributed by atoms with Crippen molar-refractivity contribution in [1.82, 2.24) is 5.32 Å². The Morgan fingerprint density at radius 2 is 1.89 bits per heavy atom. The SMILES string of the molecule is CCC(NC(=O)C(CN)c1ccccc1)C(C)C. The lowest BCUT2D eigenvalue weighted by Gasteiger charge is -2.24. The molecule has 0 aromatic heterocycles. The smallest absolute Gasteiger partial charge is 0.229 e. The van der Waals surface area contributed by atoms with Gasteiger partial charge < -0.3 is 11.1 Å². The maximum absolute atomic E-state index is 12.3. The zero-order valence-corrected chi connectivity index (χ0v) is 11.5. The number of carbonyl (C=O) groups excluding carboxylic acids is 1. The van der Waals surface area contributed by atoms with Crippen LogP contribution in [0.25, 0.3) is 0 Å². The van der Waals surface area contributed by atoms with Gasteiger partial charge >= 0.3 is 0 Å². The second-order valence-corrected chi connectivity index (χ2v) is 4.97. The van der Waals surface area contributed by atoms with Crippen molar-refractivity contribution < 1.29 is 4.79 Å². The number of nitrogens with one attached hydrogen (secondary N) is 1. The van der Waals surface area contributed by atoms with Gasteiger partial charge in [-0.2, -0.15) is 0 Å². The van der Waals surface area contributed by atoms with Gasteiger partial charge in [-0.15, -0.1) is 0 Å². The van der Waals surface area contributed by atoms with Gasteiger partial charge in [0.25, 0.3) is 0 Å². The summed E-state index contributed by atoms with van der Waals surface area (Å²) in [7, 11) is 0. The first-order valence-electron chi connectivity index (χ1n) is 6.65. The number of hydrogen-bond acceptors (Lipinski definition) is 2. The number of rotatable bonds is 6. The van der Waals surface area contributed by atoms with Crippen molar-refractivity contribution >= 4 is 5.91 Å². The largest absolute Gasteiger partial charge is 0.353 e. The summed E-state index contributed by atoms with van der Waals surface area (Å²) >= 11 is 0. The number of carbonyl (C=O) groups is 1. The highest BCUT2D eigenvalue weighted by Crippen LogP contribution is 2.16. The lowest BCUT2D eigenvalue weighted by Crippen LogP contribution is -2.42. The van der Waals surface area contributed by atoms with Crippen molar-refractivity contribution in [1.29, 1.82) is 0 Å². The molecular weight excluding hydrogens is 224 g/mol. The maximum Gasteiger partial charge on any atom is 0.229 e.